The Labute approximate surface area is 157 Å². The second-order valence-electron chi connectivity index (χ2n) is 8.15. The van der Waals surface area contributed by atoms with Crippen molar-refractivity contribution in [1.29, 1.82) is 0 Å². The van der Waals surface area contributed by atoms with Crippen molar-refractivity contribution in [3.63, 3.8) is 0 Å². The molecule has 2 aromatic heterocycles. The highest BCUT2D eigenvalue weighted by Gasteiger charge is 2.25. The van der Waals surface area contributed by atoms with Crippen molar-refractivity contribution in [1.82, 2.24) is 14.9 Å². The lowest BCUT2D eigenvalue weighted by Gasteiger charge is -2.29. The Balaban J connectivity index is 1.56. The van der Waals surface area contributed by atoms with Gasteiger partial charge in [-0.2, -0.15) is 0 Å². The number of aromatic nitrogens is 2. The summed E-state index contributed by atoms with van der Waals surface area (Å²) in [5.74, 6) is 1.10. The van der Waals surface area contributed by atoms with E-state index in [1.807, 2.05) is 0 Å². The molecule has 26 heavy (non-hydrogen) atoms. The summed E-state index contributed by atoms with van der Waals surface area (Å²) in [5, 5.41) is 3.88. The fourth-order valence-electron chi connectivity index (χ4n) is 4.42. The molecule has 0 bridgehead atoms. The largest absolute Gasteiger partial charge is 0.352 e. The molecule has 2 aromatic rings. The predicted octanol–water partition coefficient (Wildman–Crippen LogP) is 3.28. The zero-order chi connectivity index (χ0) is 18.3. The van der Waals surface area contributed by atoms with Gasteiger partial charge in [-0.3, -0.25) is 14.2 Å². The van der Waals surface area contributed by atoms with E-state index in [-0.39, 0.29) is 24.1 Å². The van der Waals surface area contributed by atoms with Crippen molar-refractivity contribution in [3.05, 3.63) is 27.1 Å². The third-order valence-corrected chi connectivity index (χ3v) is 7.22. The number of hydrogen-bond donors (Lipinski definition) is 1. The molecule has 2 aliphatic carbocycles. The minimum absolute atomic E-state index is 0.0612. The molecule has 1 amide bonds. The van der Waals surface area contributed by atoms with E-state index in [0.717, 1.165) is 42.3 Å². The lowest BCUT2D eigenvalue weighted by atomic mass is 9.86. The van der Waals surface area contributed by atoms with Crippen LogP contribution in [0, 0.1) is 11.8 Å². The molecule has 1 N–H and O–H groups in total. The minimum atomic E-state index is -0.0790. The molecule has 1 saturated carbocycles. The van der Waals surface area contributed by atoms with Crippen LogP contribution in [0.25, 0.3) is 10.2 Å². The highest BCUT2D eigenvalue weighted by molar-refractivity contribution is 7.18. The number of amides is 1. The molecule has 0 aromatic carbocycles. The number of nitrogens with zero attached hydrogens (tertiary/aromatic N) is 2. The summed E-state index contributed by atoms with van der Waals surface area (Å²) in [7, 11) is 0. The second kappa shape index (κ2) is 7.14. The molecule has 1 fully saturated rings. The predicted molar refractivity (Wildman–Crippen MR) is 105 cm³/mol. The van der Waals surface area contributed by atoms with Crippen molar-refractivity contribution in [2.45, 2.75) is 71.4 Å². The molecule has 2 aliphatic rings. The molecule has 3 atom stereocenters. The first kappa shape index (κ1) is 17.7. The lowest BCUT2D eigenvalue weighted by Crippen LogP contribution is -2.43. The molecule has 0 aliphatic heterocycles. The van der Waals surface area contributed by atoms with Crippen molar-refractivity contribution >= 4 is 27.5 Å². The molecule has 140 valence electrons. The van der Waals surface area contributed by atoms with Gasteiger partial charge in [0.2, 0.25) is 5.91 Å². The molecule has 0 spiro atoms. The average Bonchev–Trinajstić information content (AvgIpc) is 2.97. The van der Waals surface area contributed by atoms with Crippen LogP contribution in [0.4, 0.5) is 0 Å². The smallest absolute Gasteiger partial charge is 0.262 e. The Morgan fingerprint density at radius 2 is 2.12 bits per heavy atom. The average molecular weight is 374 g/mol. The van der Waals surface area contributed by atoms with E-state index in [4.69, 9.17) is 0 Å². The van der Waals surface area contributed by atoms with Gasteiger partial charge in [-0.05, 0) is 49.5 Å². The van der Waals surface area contributed by atoms with Gasteiger partial charge in [0, 0.05) is 10.9 Å². The number of thiophene rings is 1. The van der Waals surface area contributed by atoms with Gasteiger partial charge in [-0.25, -0.2) is 4.98 Å². The van der Waals surface area contributed by atoms with Crippen molar-refractivity contribution in [2.75, 3.05) is 0 Å². The van der Waals surface area contributed by atoms with Gasteiger partial charge in [-0.1, -0.05) is 26.7 Å². The van der Waals surface area contributed by atoms with E-state index >= 15 is 0 Å². The number of aryl methyl sites for hydroxylation is 1. The van der Waals surface area contributed by atoms with Crippen LogP contribution in [-0.4, -0.2) is 21.5 Å². The molecule has 2 heterocycles. The molecule has 4 rings (SSSR count). The Hall–Kier alpha value is -1.69. The van der Waals surface area contributed by atoms with Crippen LogP contribution in [0.15, 0.2) is 11.1 Å². The molecular formula is C20H27N3O2S. The first-order valence-electron chi connectivity index (χ1n) is 9.82. The van der Waals surface area contributed by atoms with E-state index in [1.165, 1.54) is 27.8 Å². The summed E-state index contributed by atoms with van der Waals surface area (Å²) < 4.78 is 1.48. The summed E-state index contributed by atoms with van der Waals surface area (Å²) >= 11 is 1.65. The number of fused-ring (bicyclic) bond motifs is 3. The maximum Gasteiger partial charge on any atom is 0.262 e. The Bertz CT molecular complexity index is 885. The van der Waals surface area contributed by atoms with E-state index in [1.54, 1.807) is 17.7 Å². The third-order valence-electron chi connectivity index (χ3n) is 6.05. The van der Waals surface area contributed by atoms with Crippen molar-refractivity contribution in [3.8, 4) is 0 Å². The van der Waals surface area contributed by atoms with Crippen LogP contribution >= 0.6 is 11.3 Å². The first-order chi connectivity index (χ1) is 12.5. The molecular weight excluding hydrogens is 346 g/mol. The molecule has 0 unspecified atom stereocenters. The van der Waals surface area contributed by atoms with Crippen molar-refractivity contribution < 1.29 is 4.79 Å². The molecule has 5 nitrogen and oxygen atoms in total. The number of carbonyl (C=O) groups excluding carboxylic acids is 1. The van der Waals surface area contributed by atoms with Crippen LogP contribution < -0.4 is 10.9 Å². The van der Waals surface area contributed by atoms with Gasteiger partial charge in [-0.15, -0.1) is 11.3 Å². The number of hydrogen-bond acceptors (Lipinski definition) is 4. The number of nitrogens with one attached hydrogen (secondary N) is 1. The molecule has 0 saturated heterocycles. The summed E-state index contributed by atoms with van der Waals surface area (Å²) in [6.07, 6.45) is 9.26. The number of rotatable bonds is 3. The summed E-state index contributed by atoms with van der Waals surface area (Å²) in [6.45, 7) is 4.52. The van der Waals surface area contributed by atoms with E-state index < -0.39 is 0 Å². The highest BCUT2D eigenvalue weighted by atomic mass is 32.1. The summed E-state index contributed by atoms with van der Waals surface area (Å²) in [4.78, 5) is 32.1. The monoisotopic (exact) mass is 373 g/mol. The second-order valence-corrected chi connectivity index (χ2v) is 9.23. The van der Waals surface area contributed by atoms with Gasteiger partial charge in [0.1, 0.15) is 11.4 Å². The van der Waals surface area contributed by atoms with Crippen LogP contribution in [-0.2, 0) is 24.2 Å². The van der Waals surface area contributed by atoms with Crippen molar-refractivity contribution in [2.24, 2.45) is 11.8 Å². The van der Waals surface area contributed by atoms with Crippen LogP contribution in [0.1, 0.15) is 56.4 Å². The molecule has 0 radical (unpaired) electrons. The SMILES string of the molecule is C[C@H]1CCc2c(sc3ncn(CC(=O)N[C@@H]4CCCC[C@@H]4C)c(=O)c23)C1. The maximum atomic E-state index is 13.0. The standard InChI is InChI=1S/C20H27N3O2S/c1-12-7-8-14-16(9-12)26-19-18(14)20(25)23(11-21-19)10-17(24)22-15-6-4-3-5-13(15)2/h11-13,15H,3-10H2,1-2H3,(H,22,24)/t12-,13-,15+/m0/s1. The van der Waals surface area contributed by atoms with Crippen LogP contribution in [0.2, 0.25) is 0 Å². The normalized spacial score (nSPS) is 25.8. The van der Waals surface area contributed by atoms with Crippen LogP contribution in [0.5, 0.6) is 0 Å². The van der Waals surface area contributed by atoms with Gasteiger partial charge in [0.15, 0.2) is 0 Å². The maximum absolute atomic E-state index is 13.0. The summed E-state index contributed by atoms with van der Waals surface area (Å²) in [5.41, 5.74) is 1.12. The Kier molecular flexibility index (Phi) is 4.86. The van der Waals surface area contributed by atoms with E-state index in [2.05, 4.69) is 24.1 Å². The Morgan fingerprint density at radius 1 is 1.31 bits per heavy atom. The van der Waals surface area contributed by atoms with Gasteiger partial charge < -0.3 is 5.32 Å². The third kappa shape index (κ3) is 3.31. The van der Waals surface area contributed by atoms with Gasteiger partial charge >= 0.3 is 0 Å². The van der Waals surface area contributed by atoms with Gasteiger partial charge in [0.25, 0.3) is 5.56 Å². The number of carbonyl (C=O) groups is 1. The Morgan fingerprint density at radius 3 is 2.92 bits per heavy atom. The molecule has 6 heteroatoms. The highest BCUT2D eigenvalue weighted by Crippen LogP contribution is 2.35. The lowest BCUT2D eigenvalue weighted by molar-refractivity contribution is -0.123. The topological polar surface area (TPSA) is 64.0 Å². The zero-order valence-electron chi connectivity index (χ0n) is 15.6. The quantitative estimate of drug-likeness (QED) is 0.898. The zero-order valence-corrected chi connectivity index (χ0v) is 16.4. The fraction of sp³-hybridized carbons (Fsp3) is 0.650. The van der Waals surface area contributed by atoms with E-state index in [9.17, 15) is 9.59 Å². The van der Waals surface area contributed by atoms with E-state index in [0.29, 0.717) is 11.8 Å². The van der Waals surface area contributed by atoms with Crippen LogP contribution in [0.3, 0.4) is 0 Å². The summed E-state index contributed by atoms with van der Waals surface area (Å²) in [6, 6.07) is 0.235. The fourth-order valence-corrected chi connectivity index (χ4v) is 5.76. The minimum Gasteiger partial charge on any atom is -0.352 e. The first-order valence-corrected chi connectivity index (χ1v) is 10.6. The van der Waals surface area contributed by atoms with Gasteiger partial charge in [0.05, 0.1) is 11.7 Å².